The second-order valence-electron chi connectivity index (χ2n) is 5.69. The van der Waals surface area contributed by atoms with Crippen LogP contribution in [0.1, 0.15) is 23.3 Å². The van der Waals surface area contributed by atoms with Crippen LogP contribution < -0.4 is 15.4 Å². The van der Waals surface area contributed by atoms with Crippen molar-refractivity contribution in [2.75, 3.05) is 19.0 Å². The zero-order chi connectivity index (χ0) is 16.9. The summed E-state index contributed by atoms with van der Waals surface area (Å²) < 4.78 is 5.23. The van der Waals surface area contributed by atoms with Crippen LogP contribution in [-0.4, -0.2) is 30.5 Å². The average molecular weight is 345 g/mol. The van der Waals surface area contributed by atoms with Gasteiger partial charge in [0.05, 0.1) is 13.0 Å². The molecule has 126 valence electrons. The summed E-state index contributed by atoms with van der Waals surface area (Å²) in [5, 5.41) is 6.16. The molecule has 1 fully saturated rings. The van der Waals surface area contributed by atoms with Crippen molar-refractivity contribution >= 4 is 28.3 Å². The summed E-state index contributed by atoms with van der Waals surface area (Å²) in [7, 11) is 1.65. The predicted octanol–water partition coefficient (Wildman–Crippen LogP) is 2.21. The molecule has 3 rings (SSSR count). The van der Waals surface area contributed by atoms with Gasteiger partial charge in [0, 0.05) is 30.5 Å². The number of hydrogen-bond donors (Lipinski definition) is 2. The van der Waals surface area contributed by atoms with Gasteiger partial charge < -0.3 is 15.4 Å². The summed E-state index contributed by atoms with van der Waals surface area (Å²) in [6.07, 6.45) is 3.50. The van der Waals surface area contributed by atoms with Crippen LogP contribution in [0, 0.1) is 5.92 Å². The Hall–Kier alpha value is -2.41. The molecule has 0 bridgehead atoms. The van der Waals surface area contributed by atoms with Crippen molar-refractivity contribution in [3.05, 3.63) is 40.9 Å². The number of hydrogen-bond acceptors (Lipinski definition) is 5. The monoisotopic (exact) mass is 345 g/mol. The second-order valence-corrected chi connectivity index (χ2v) is 6.80. The van der Waals surface area contributed by atoms with Gasteiger partial charge in [0.1, 0.15) is 5.75 Å². The highest BCUT2D eigenvalue weighted by Gasteiger charge is 2.25. The third-order valence-electron chi connectivity index (χ3n) is 3.93. The number of anilines is 1. The molecule has 0 radical (unpaired) electrons. The fraction of sp³-hybridized carbons (Fsp3) is 0.353. The van der Waals surface area contributed by atoms with Crippen molar-refractivity contribution in [1.82, 2.24) is 10.3 Å². The van der Waals surface area contributed by atoms with Gasteiger partial charge in [0.2, 0.25) is 11.8 Å². The van der Waals surface area contributed by atoms with Crippen molar-refractivity contribution in [2.45, 2.75) is 19.3 Å². The van der Waals surface area contributed by atoms with Crippen LogP contribution in [0.3, 0.4) is 0 Å². The van der Waals surface area contributed by atoms with Crippen LogP contribution in [0.15, 0.2) is 30.5 Å². The highest BCUT2D eigenvalue weighted by Crippen LogP contribution is 2.24. The van der Waals surface area contributed by atoms with Gasteiger partial charge in [-0.15, -0.1) is 11.3 Å². The summed E-state index contributed by atoms with van der Waals surface area (Å²) >= 11 is 1.46. The molecule has 0 unspecified atom stereocenters. The number of carbonyl (C=O) groups excluding carboxylic acids is 2. The molecule has 0 spiro atoms. The third-order valence-corrected chi connectivity index (χ3v) is 4.85. The fourth-order valence-electron chi connectivity index (χ4n) is 2.59. The number of amides is 2. The minimum atomic E-state index is -0.187. The Morgan fingerprint density at radius 3 is 3.12 bits per heavy atom. The van der Waals surface area contributed by atoms with E-state index >= 15 is 0 Å². The summed E-state index contributed by atoms with van der Waals surface area (Å²) in [6.45, 7) is 0.396. The minimum Gasteiger partial charge on any atom is -0.497 e. The zero-order valence-electron chi connectivity index (χ0n) is 13.4. The Morgan fingerprint density at radius 2 is 2.38 bits per heavy atom. The number of nitrogens with one attached hydrogen (secondary N) is 2. The lowest BCUT2D eigenvalue weighted by Gasteiger charge is -2.20. The van der Waals surface area contributed by atoms with Crippen molar-refractivity contribution in [3.8, 4) is 5.75 Å². The van der Waals surface area contributed by atoms with Crippen molar-refractivity contribution in [2.24, 2.45) is 5.92 Å². The van der Waals surface area contributed by atoms with Crippen molar-refractivity contribution in [3.63, 3.8) is 0 Å². The van der Waals surface area contributed by atoms with E-state index in [1.54, 1.807) is 13.3 Å². The zero-order valence-corrected chi connectivity index (χ0v) is 14.2. The fourth-order valence-corrected chi connectivity index (χ4v) is 3.44. The van der Waals surface area contributed by atoms with Gasteiger partial charge in [0.25, 0.3) is 0 Å². The lowest BCUT2D eigenvalue weighted by molar-refractivity contribution is -0.126. The average Bonchev–Trinajstić information content (AvgIpc) is 3.02. The first-order valence-electron chi connectivity index (χ1n) is 7.79. The SMILES string of the molecule is COc1cccc(Cc2cnc(NC(=O)[C@H]3CCC(=O)NC3)s2)c1. The molecule has 0 aliphatic carbocycles. The quantitative estimate of drug-likeness (QED) is 0.871. The Bertz CT molecular complexity index is 734. The Kier molecular flexibility index (Phi) is 5.10. The van der Waals surface area contributed by atoms with E-state index in [2.05, 4.69) is 15.6 Å². The maximum absolute atomic E-state index is 12.2. The first kappa shape index (κ1) is 16.4. The number of ether oxygens (including phenoxy) is 1. The van der Waals surface area contributed by atoms with E-state index in [0.717, 1.165) is 22.6 Å². The highest BCUT2D eigenvalue weighted by molar-refractivity contribution is 7.15. The van der Waals surface area contributed by atoms with Gasteiger partial charge in [0.15, 0.2) is 5.13 Å². The second kappa shape index (κ2) is 7.44. The topological polar surface area (TPSA) is 80.3 Å². The van der Waals surface area contributed by atoms with Crippen LogP contribution in [0.25, 0.3) is 0 Å². The molecule has 2 amide bonds. The van der Waals surface area contributed by atoms with Crippen LogP contribution >= 0.6 is 11.3 Å². The maximum Gasteiger partial charge on any atom is 0.231 e. The smallest absolute Gasteiger partial charge is 0.231 e. The standard InChI is InChI=1S/C17H19N3O3S/c1-23-13-4-2-3-11(7-13)8-14-10-19-17(24-14)20-16(22)12-5-6-15(21)18-9-12/h2-4,7,10,12H,5-6,8-9H2,1H3,(H,18,21)(H,19,20,22)/t12-/m0/s1. The molecule has 0 saturated carbocycles. The predicted molar refractivity (Wildman–Crippen MR) is 92.3 cm³/mol. The van der Waals surface area contributed by atoms with Gasteiger partial charge in [-0.1, -0.05) is 12.1 Å². The maximum atomic E-state index is 12.2. The lowest BCUT2D eigenvalue weighted by atomic mass is 9.98. The molecule has 2 heterocycles. The number of rotatable bonds is 5. The number of piperidine rings is 1. The molecule has 1 saturated heterocycles. The van der Waals surface area contributed by atoms with Crippen LogP contribution in [-0.2, 0) is 16.0 Å². The molecule has 6 nitrogen and oxygen atoms in total. The largest absolute Gasteiger partial charge is 0.497 e. The summed E-state index contributed by atoms with van der Waals surface area (Å²) in [6, 6.07) is 7.88. The van der Waals surface area contributed by atoms with Gasteiger partial charge in [-0.05, 0) is 24.1 Å². The number of benzene rings is 1. The van der Waals surface area contributed by atoms with E-state index in [4.69, 9.17) is 4.74 Å². The molecule has 24 heavy (non-hydrogen) atoms. The first-order chi connectivity index (χ1) is 11.6. The molecule has 2 N–H and O–H groups in total. The number of nitrogens with zero attached hydrogens (tertiary/aromatic N) is 1. The van der Waals surface area contributed by atoms with Crippen LogP contribution in [0.2, 0.25) is 0 Å². The van der Waals surface area contributed by atoms with Gasteiger partial charge in [-0.3, -0.25) is 9.59 Å². The Labute approximate surface area is 144 Å². The normalized spacial score (nSPS) is 17.2. The molecule has 1 aliphatic rings. The van der Waals surface area contributed by atoms with Crippen LogP contribution in [0.4, 0.5) is 5.13 Å². The third kappa shape index (κ3) is 4.11. The van der Waals surface area contributed by atoms with Crippen molar-refractivity contribution < 1.29 is 14.3 Å². The Balaban J connectivity index is 1.59. The van der Waals surface area contributed by atoms with Gasteiger partial charge in [-0.2, -0.15) is 0 Å². The molecule has 2 aromatic rings. The van der Waals surface area contributed by atoms with E-state index in [-0.39, 0.29) is 17.7 Å². The van der Waals surface area contributed by atoms with E-state index in [0.29, 0.717) is 24.5 Å². The van der Waals surface area contributed by atoms with E-state index in [9.17, 15) is 9.59 Å². The van der Waals surface area contributed by atoms with Gasteiger partial charge >= 0.3 is 0 Å². The van der Waals surface area contributed by atoms with E-state index < -0.39 is 0 Å². The highest BCUT2D eigenvalue weighted by atomic mass is 32.1. The summed E-state index contributed by atoms with van der Waals surface area (Å²) in [5.41, 5.74) is 1.13. The molecular formula is C17H19N3O3S. The molecular weight excluding hydrogens is 326 g/mol. The molecule has 7 heteroatoms. The minimum absolute atomic E-state index is 0.00822. The van der Waals surface area contributed by atoms with Crippen molar-refractivity contribution in [1.29, 1.82) is 0 Å². The van der Waals surface area contributed by atoms with Crippen LogP contribution in [0.5, 0.6) is 5.75 Å². The molecule has 1 atom stereocenters. The number of carbonyl (C=O) groups is 2. The number of thiazole rings is 1. The Morgan fingerprint density at radius 1 is 1.50 bits per heavy atom. The van der Waals surface area contributed by atoms with E-state index in [1.165, 1.54) is 11.3 Å². The first-order valence-corrected chi connectivity index (χ1v) is 8.61. The summed E-state index contributed by atoms with van der Waals surface area (Å²) in [5.74, 6) is 0.560. The number of aromatic nitrogens is 1. The molecule has 1 aromatic carbocycles. The molecule has 1 aliphatic heterocycles. The number of methoxy groups -OCH3 is 1. The molecule has 1 aromatic heterocycles. The van der Waals surface area contributed by atoms with Gasteiger partial charge in [-0.25, -0.2) is 4.98 Å². The summed E-state index contributed by atoms with van der Waals surface area (Å²) in [4.78, 5) is 28.7. The van der Waals surface area contributed by atoms with E-state index in [1.807, 2.05) is 24.3 Å². The lowest BCUT2D eigenvalue weighted by Crippen LogP contribution is -2.40.